The molecule has 0 bridgehead atoms. The van der Waals surface area contributed by atoms with E-state index in [1.54, 1.807) is 47.8 Å². The monoisotopic (exact) mass is 640 g/mol. The number of hydrogen-bond acceptors (Lipinski definition) is 5. The van der Waals surface area contributed by atoms with Crippen LogP contribution in [0.1, 0.15) is 38.1 Å². The van der Waals surface area contributed by atoms with Crippen LogP contribution in [0.3, 0.4) is 0 Å². The Morgan fingerprint density at radius 3 is 2.29 bits per heavy atom. The van der Waals surface area contributed by atoms with Crippen LogP contribution < -0.4 is 15.4 Å². The van der Waals surface area contributed by atoms with Gasteiger partial charge in [-0.25, -0.2) is 0 Å². The quantitative estimate of drug-likeness (QED) is 0.143. The van der Waals surface area contributed by atoms with E-state index in [9.17, 15) is 19.5 Å². The van der Waals surface area contributed by atoms with Crippen LogP contribution in [0, 0.1) is 0 Å². The molecule has 1 heterocycles. The molecule has 2 amide bonds. The first-order valence-electron chi connectivity index (χ1n) is 13.0. The van der Waals surface area contributed by atoms with Crippen LogP contribution in [0.4, 0.5) is 5.69 Å². The number of nitrogens with one attached hydrogen (secondary N) is 2. The molecule has 0 radical (unpaired) electrons. The molecule has 5 rings (SSSR count). The van der Waals surface area contributed by atoms with E-state index in [0.717, 1.165) is 11.1 Å². The molecule has 1 atom stereocenters. The third-order valence-electron chi connectivity index (χ3n) is 6.39. The summed E-state index contributed by atoms with van der Waals surface area (Å²) in [5.41, 5.74) is 2.88. The third kappa shape index (κ3) is 7.12. The predicted octanol–water partition coefficient (Wildman–Crippen LogP) is 8.17. The van der Waals surface area contributed by atoms with Crippen LogP contribution in [0.15, 0.2) is 119 Å². The van der Waals surface area contributed by atoms with E-state index >= 15 is 0 Å². The maximum Gasteiger partial charge on any atom is 0.305 e. The Kier molecular flexibility index (Phi) is 9.11. The van der Waals surface area contributed by atoms with Crippen LogP contribution in [-0.4, -0.2) is 22.9 Å². The molecule has 0 saturated heterocycles. The van der Waals surface area contributed by atoms with Crippen molar-refractivity contribution in [1.29, 1.82) is 0 Å². The Bertz CT molecular complexity index is 1710. The zero-order valence-electron chi connectivity index (χ0n) is 22.1. The molecule has 9 heteroatoms. The smallest absolute Gasteiger partial charge is 0.305 e. The number of para-hydroxylation sites is 2. The molecule has 210 valence electrons. The van der Waals surface area contributed by atoms with Gasteiger partial charge in [-0.05, 0) is 59.0 Å². The van der Waals surface area contributed by atoms with Crippen LogP contribution in [0.25, 0.3) is 11.1 Å². The maximum atomic E-state index is 13.5. The fourth-order valence-electron chi connectivity index (χ4n) is 4.37. The van der Waals surface area contributed by atoms with E-state index in [1.807, 2.05) is 66.7 Å². The van der Waals surface area contributed by atoms with Crippen LogP contribution >= 0.6 is 27.3 Å². The Labute approximate surface area is 254 Å². The maximum absolute atomic E-state index is 13.5. The molecule has 0 fully saturated rings. The number of carboxylic acid groups (broad SMARTS) is 1. The first-order valence-corrected chi connectivity index (χ1v) is 14.6. The van der Waals surface area contributed by atoms with Gasteiger partial charge in [-0.1, -0.05) is 82.7 Å². The summed E-state index contributed by atoms with van der Waals surface area (Å²) in [6.45, 7) is 0. The molecule has 4 aromatic carbocycles. The second kappa shape index (κ2) is 13.3. The Balaban J connectivity index is 1.38. The lowest BCUT2D eigenvalue weighted by molar-refractivity contribution is -0.137. The number of benzene rings is 4. The number of carbonyl (C=O) groups is 3. The van der Waals surface area contributed by atoms with Gasteiger partial charge in [-0.15, -0.1) is 11.3 Å². The van der Waals surface area contributed by atoms with Gasteiger partial charge >= 0.3 is 5.97 Å². The fraction of sp³-hybridized carbons (Fsp3) is 0.0606. The standard InChI is InChI=1S/C33H25BrN2O5S/c34-23-16-17-27(35-33(40)30-11-6-18-42-30)26(19-23)32(39)36-28(20-31(37)38)22-14-12-21(13-15-22)25-9-4-5-10-29(25)41-24-7-2-1-3-8-24/h1-19,28H,20H2,(H,35,40)(H,36,39)(H,37,38). The normalized spacial score (nSPS) is 11.4. The highest BCUT2D eigenvalue weighted by Crippen LogP contribution is 2.34. The minimum absolute atomic E-state index is 0.202. The molecule has 0 aliphatic heterocycles. The summed E-state index contributed by atoms with van der Waals surface area (Å²) in [5.74, 6) is -0.528. The summed E-state index contributed by atoms with van der Waals surface area (Å²) in [4.78, 5) is 38.4. The average Bonchev–Trinajstić information content (AvgIpc) is 3.54. The van der Waals surface area contributed by atoms with E-state index < -0.39 is 17.9 Å². The van der Waals surface area contributed by atoms with Gasteiger partial charge in [0.25, 0.3) is 11.8 Å². The molecular weight excluding hydrogens is 616 g/mol. The number of halogens is 1. The van der Waals surface area contributed by atoms with Crippen molar-refractivity contribution in [2.24, 2.45) is 0 Å². The second-order valence-corrected chi connectivity index (χ2v) is 11.1. The lowest BCUT2D eigenvalue weighted by Gasteiger charge is -2.20. The molecule has 3 N–H and O–H groups in total. The van der Waals surface area contributed by atoms with Crippen molar-refractivity contribution in [1.82, 2.24) is 5.32 Å². The van der Waals surface area contributed by atoms with Crippen molar-refractivity contribution in [3.8, 4) is 22.6 Å². The Morgan fingerprint density at radius 2 is 1.57 bits per heavy atom. The summed E-state index contributed by atoms with van der Waals surface area (Å²) in [7, 11) is 0. The number of thiophene rings is 1. The minimum Gasteiger partial charge on any atom is -0.481 e. The zero-order chi connectivity index (χ0) is 29.5. The number of aliphatic carboxylic acids is 1. The van der Waals surface area contributed by atoms with Gasteiger partial charge in [0.2, 0.25) is 0 Å². The molecule has 0 spiro atoms. The molecule has 42 heavy (non-hydrogen) atoms. The third-order valence-corrected chi connectivity index (χ3v) is 7.75. The molecular formula is C33H25BrN2O5S. The van der Waals surface area contributed by atoms with Crippen molar-refractivity contribution in [2.75, 3.05) is 5.32 Å². The number of carboxylic acids is 1. The van der Waals surface area contributed by atoms with Crippen molar-refractivity contribution in [2.45, 2.75) is 12.5 Å². The van der Waals surface area contributed by atoms with Gasteiger partial charge in [0, 0.05) is 10.0 Å². The topological polar surface area (TPSA) is 105 Å². The van der Waals surface area contributed by atoms with Crippen LogP contribution in [0.2, 0.25) is 0 Å². The van der Waals surface area contributed by atoms with E-state index in [2.05, 4.69) is 26.6 Å². The van der Waals surface area contributed by atoms with Gasteiger partial charge in [0.05, 0.1) is 28.6 Å². The Morgan fingerprint density at radius 1 is 0.833 bits per heavy atom. The number of hydrogen-bond donors (Lipinski definition) is 3. The number of amides is 2. The van der Waals surface area contributed by atoms with Gasteiger partial charge in [0.1, 0.15) is 11.5 Å². The summed E-state index contributed by atoms with van der Waals surface area (Å²) in [5, 5.41) is 17.1. The molecule has 0 aliphatic rings. The van der Waals surface area contributed by atoms with E-state index in [1.165, 1.54) is 11.3 Å². The van der Waals surface area contributed by atoms with Crippen LogP contribution in [0.5, 0.6) is 11.5 Å². The van der Waals surface area contributed by atoms with Crippen molar-refractivity contribution in [3.63, 3.8) is 0 Å². The summed E-state index contributed by atoms with van der Waals surface area (Å²) < 4.78 is 6.74. The largest absolute Gasteiger partial charge is 0.481 e. The summed E-state index contributed by atoms with van der Waals surface area (Å²) in [6, 6.07) is 32.0. The van der Waals surface area contributed by atoms with Crippen molar-refractivity contribution < 1.29 is 24.2 Å². The molecule has 7 nitrogen and oxygen atoms in total. The summed E-state index contributed by atoms with van der Waals surface area (Å²) >= 11 is 4.67. The molecule has 5 aromatic rings. The lowest BCUT2D eigenvalue weighted by Crippen LogP contribution is -2.31. The highest BCUT2D eigenvalue weighted by Gasteiger charge is 2.22. The molecule has 0 saturated carbocycles. The number of anilines is 1. The SMILES string of the molecule is O=C(O)CC(NC(=O)c1cc(Br)ccc1NC(=O)c1cccs1)c1ccc(-c2ccccc2Oc2ccccc2)cc1. The molecule has 1 unspecified atom stereocenters. The second-order valence-electron chi connectivity index (χ2n) is 9.28. The average molecular weight is 642 g/mol. The van der Waals surface area contributed by atoms with E-state index in [-0.39, 0.29) is 17.9 Å². The van der Waals surface area contributed by atoms with Gasteiger partial charge in [-0.3, -0.25) is 14.4 Å². The molecule has 0 aliphatic carbocycles. The van der Waals surface area contributed by atoms with Crippen LogP contribution in [-0.2, 0) is 4.79 Å². The summed E-state index contributed by atoms with van der Waals surface area (Å²) in [6.07, 6.45) is -0.330. The van der Waals surface area contributed by atoms with Crippen molar-refractivity contribution in [3.05, 3.63) is 135 Å². The van der Waals surface area contributed by atoms with Gasteiger partial charge in [0.15, 0.2) is 0 Å². The van der Waals surface area contributed by atoms with E-state index in [4.69, 9.17) is 4.74 Å². The number of rotatable bonds is 10. The fourth-order valence-corrected chi connectivity index (χ4v) is 5.35. The first-order chi connectivity index (χ1) is 20.4. The number of ether oxygens (including phenoxy) is 1. The zero-order valence-corrected chi connectivity index (χ0v) is 24.5. The first kappa shape index (κ1) is 28.8. The number of carbonyl (C=O) groups excluding carboxylic acids is 2. The lowest BCUT2D eigenvalue weighted by atomic mass is 9.98. The van der Waals surface area contributed by atoms with Gasteiger partial charge < -0.3 is 20.5 Å². The highest BCUT2D eigenvalue weighted by molar-refractivity contribution is 9.10. The van der Waals surface area contributed by atoms with E-state index in [0.29, 0.717) is 32.1 Å². The highest BCUT2D eigenvalue weighted by atomic mass is 79.9. The predicted molar refractivity (Wildman–Crippen MR) is 167 cm³/mol. The Hall–Kier alpha value is -4.73. The molecule has 1 aromatic heterocycles. The van der Waals surface area contributed by atoms with Crippen molar-refractivity contribution >= 4 is 50.7 Å². The minimum atomic E-state index is -1.06. The van der Waals surface area contributed by atoms with Gasteiger partial charge in [-0.2, -0.15) is 0 Å².